The van der Waals surface area contributed by atoms with Gasteiger partial charge in [0.15, 0.2) is 0 Å². The Morgan fingerprint density at radius 1 is 1.64 bits per heavy atom. The van der Waals surface area contributed by atoms with E-state index in [-0.39, 0.29) is 18.6 Å². The van der Waals surface area contributed by atoms with Crippen LogP contribution in [-0.2, 0) is 7.05 Å². The fraction of sp³-hybridized carbons (Fsp3) is 0.700. The molecule has 0 saturated carbocycles. The summed E-state index contributed by atoms with van der Waals surface area (Å²) in [6.07, 6.45) is 5.21. The van der Waals surface area contributed by atoms with Gasteiger partial charge in [-0.3, -0.25) is 0 Å². The van der Waals surface area contributed by atoms with Gasteiger partial charge in [-0.2, -0.15) is 0 Å². The van der Waals surface area contributed by atoms with Gasteiger partial charge in [0.1, 0.15) is 0 Å². The SMILES string of the molecule is CCC(N)C(CCO)c1cncn1C. The monoisotopic (exact) mass is 197 g/mol. The van der Waals surface area contributed by atoms with Crippen LogP contribution in [0, 0.1) is 0 Å². The lowest BCUT2D eigenvalue weighted by molar-refractivity contribution is 0.263. The number of imidazole rings is 1. The minimum absolute atomic E-state index is 0.0950. The molecule has 0 aliphatic heterocycles. The van der Waals surface area contributed by atoms with Gasteiger partial charge >= 0.3 is 0 Å². The molecule has 80 valence electrons. The highest BCUT2D eigenvalue weighted by atomic mass is 16.3. The highest BCUT2D eigenvalue weighted by Crippen LogP contribution is 2.22. The highest BCUT2D eigenvalue weighted by Gasteiger charge is 2.20. The van der Waals surface area contributed by atoms with Gasteiger partial charge in [0.2, 0.25) is 0 Å². The van der Waals surface area contributed by atoms with E-state index in [1.165, 1.54) is 0 Å². The number of rotatable bonds is 5. The molecule has 1 rings (SSSR count). The van der Waals surface area contributed by atoms with Crippen molar-refractivity contribution >= 4 is 0 Å². The first-order valence-corrected chi connectivity index (χ1v) is 5.03. The molecule has 1 aromatic heterocycles. The second-order valence-corrected chi connectivity index (χ2v) is 3.62. The average Bonchev–Trinajstić information content (AvgIpc) is 2.60. The summed E-state index contributed by atoms with van der Waals surface area (Å²) in [5.74, 6) is 0.206. The molecule has 1 heterocycles. The van der Waals surface area contributed by atoms with Gasteiger partial charge in [0, 0.05) is 37.5 Å². The number of aryl methyl sites for hydroxylation is 1. The molecule has 0 amide bonds. The fourth-order valence-corrected chi connectivity index (χ4v) is 1.73. The van der Waals surface area contributed by atoms with Gasteiger partial charge in [-0.1, -0.05) is 6.92 Å². The van der Waals surface area contributed by atoms with Crippen LogP contribution in [0.15, 0.2) is 12.5 Å². The van der Waals surface area contributed by atoms with Crippen molar-refractivity contribution in [3.05, 3.63) is 18.2 Å². The Bertz CT molecular complexity index is 272. The van der Waals surface area contributed by atoms with Crippen LogP contribution in [-0.4, -0.2) is 27.3 Å². The standard InChI is InChI=1S/C10H19N3O/c1-3-9(11)8(4-5-14)10-6-12-7-13(10)2/h6-9,14H,3-5,11H2,1-2H3. The number of nitrogens with two attached hydrogens (primary N) is 1. The lowest BCUT2D eigenvalue weighted by Gasteiger charge is -2.22. The average molecular weight is 197 g/mol. The van der Waals surface area contributed by atoms with Crippen LogP contribution in [0.5, 0.6) is 0 Å². The van der Waals surface area contributed by atoms with Crippen molar-refractivity contribution in [3.8, 4) is 0 Å². The van der Waals surface area contributed by atoms with Crippen molar-refractivity contribution in [2.45, 2.75) is 31.7 Å². The Kier molecular flexibility index (Phi) is 4.10. The molecule has 14 heavy (non-hydrogen) atoms. The zero-order chi connectivity index (χ0) is 10.6. The molecule has 0 radical (unpaired) electrons. The second kappa shape index (κ2) is 5.12. The van der Waals surface area contributed by atoms with E-state index in [0.29, 0.717) is 6.42 Å². The summed E-state index contributed by atoms with van der Waals surface area (Å²) in [7, 11) is 1.95. The number of aromatic nitrogens is 2. The van der Waals surface area contributed by atoms with Gasteiger partial charge < -0.3 is 15.4 Å². The predicted octanol–water partition coefficient (Wildman–Crippen LogP) is 0.623. The van der Waals surface area contributed by atoms with Crippen molar-refractivity contribution in [2.24, 2.45) is 12.8 Å². The normalized spacial score (nSPS) is 15.4. The third-order valence-corrected chi connectivity index (χ3v) is 2.66. The zero-order valence-electron chi connectivity index (χ0n) is 8.85. The first-order valence-electron chi connectivity index (χ1n) is 5.03. The van der Waals surface area contributed by atoms with E-state index in [1.54, 1.807) is 6.33 Å². The summed E-state index contributed by atoms with van der Waals surface area (Å²) >= 11 is 0. The van der Waals surface area contributed by atoms with Gasteiger partial charge in [-0.15, -0.1) is 0 Å². The minimum Gasteiger partial charge on any atom is -0.396 e. The highest BCUT2D eigenvalue weighted by molar-refractivity contribution is 5.09. The number of hydrogen-bond donors (Lipinski definition) is 2. The molecule has 1 aromatic rings. The molecular weight excluding hydrogens is 178 g/mol. The van der Waals surface area contributed by atoms with Crippen LogP contribution in [0.1, 0.15) is 31.4 Å². The van der Waals surface area contributed by atoms with Crippen molar-refractivity contribution in [2.75, 3.05) is 6.61 Å². The molecule has 4 heteroatoms. The van der Waals surface area contributed by atoms with E-state index in [1.807, 2.05) is 17.8 Å². The number of aliphatic hydroxyl groups is 1. The number of aliphatic hydroxyl groups excluding tert-OH is 1. The van der Waals surface area contributed by atoms with Gasteiger partial charge in [-0.05, 0) is 12.8 Å². The van der Waals surface area contributed by atoms with Crippen LogP contribution >= 0.6 is 0 Å². The third kappa shape index (κ3) is 2.33. The third-order valence-electron chi connectivity index (χ3n) is 2.66. The molecule has 2 unspecified atom stereocenters. The van der Waals surface area contributed by atoms with E-state index in [4.69, 9.17) is 10.8 Å². The van der Waals surface area contributed by atoms with E-state index in [2.05, 4.69) is 11.9 Å². The maximum Gasteiger partial charge on any atom is 0.0945 e. The molecule has 0 aromatic carbocycles. The first kappa shape index (κ1) is 11.2. The summed E-state index contributed by atoms with van der Waals surface area (Å²) in [6.45, 7) is 2.23. The van der Waals surface area contributed by atoms with Crippen LogP contribution in [0.3, 0.4) is 0 Å². The Hall–Kier alpha value is -0.870. The topological polar surface area (TPSA) is 64.1 Å². The predicted molar refractivity (Wildman–Crippen MR) is 55.9 cm³/mol. The van der Waals surface area contributed by atoms with Crippen LogP contribution in [0.25, 0.3) is 0 Å². The van der Waals surface area contributed by atoms with Crippen molar-refractivity contribution in [1.82, 2.24) is 9.55 Å². The molecular formula is C10H19N3O. The Balaban J connectivity index is 2.82. The fourth-order valence-electron chi connectivity index (χ4n) is 1.73. The van der Waals surface area contributed by atoms with Gasteiger partial charge in [0.25, 0.3) is 0 Å². The molecule has 0 aliphatic rings. The van der Waals surface area contributed by atoms with E-state index in [9.17, 15) is 0 Å². The largest absolute Gasteiger partial charge is 0.396 e. The summed E-state index contributed by atoms with van der Waals surface area (Å²) in [5, 5.41) is 8.99. The van der Waals surface area contributed by atoms with Crippen LogP contribution in [0.2, 0.25) is 0 Å². The summed E-state index contributed by atoms with van der Waals surface area (Å²) < 4.78 is 1.97. The van der Waals surface area contributed by atoms with Gasteiger partial charge in [-0.25, -0.2) is 4.98 Å². The molecule has 0 aliphatic carbocycles. The summed E-state index contributed by atoms with van der Waals surface area (Å²) in [6, 6.07) is 0.0950. The molecule has 2 atom stereocenters. The van der Waals surface area contributed by atoms with E-state index in [0.717, 1.165) is 12.1 Å². The Labute approximate surface area is 84.8 Å². The quantitative estimate of drug-likeness (QED) is 0.727. The molecule has 3 N–H and O–H groups in total. The smallest absolute Gasteiger partial charge is 0.0945 e. The lowest BCUT2D eigenvalue weighted by Crippen LogP contribution is -2.29. The van der Waals surface area contributed by atoms with Crippen molar-refractivity contribution in [1.29, 1.82) is 0 Å². The molecule has 0 bridgehead atoms. The first-order chi connectivity index (χ1) is 6.70. The summed E-state index contributed by atoms with van der Waals surface area (Å²) in [4.78, 5) is 4.07. The van der Waals surface area contributed by atoms with Crippen LogP contribution < -0.4 is 5.73 Å². The lowest BCUT2D eigenvalue weighted by atomic mass is 9.92. The Morgan fingerprint density at radius 3 is 2.79 bits per heavy atom. The van der Waals surface area contributed by atoms with Gasteiger partial charge in [0.05, 0.1) is 6.33 Å². The Morgan fingerprint density at radius 2 is 2.36 bits per heavy atom. The number of hydrogen-bond acceptors (Lipinski definition) is 3. The van der Waals surface area contributed by atoms with Crippen LogP contribution in [0.4, 0.5) is 0 Å². The maximum absolute atomic E-state index is 8.99. The van der Waals surface area contributed by atoms with Crippen molar-refractivity contribution in [3.63, 3.8) is 0 Å². The second-order valence-electron chi connectivity index (χ2n) is 3.62. The molecule has 0 saturated heterocycles. The zero-order valence-corrected chi connectivity index (χ0v) is 8.85. The maximum atomic E-state index is 8.99. The minimum atomic E-state index is 0.0950. The summed E-state index contributed by atoms with van der Waals surface area (Å²) in [5.41, 5.74) is 7.12. The molecule has 4 nitrogen and oxygen atoms in total. The molecule has 0 fully saturated rings. The van der Waals surface area contributed by atoms with E-state index >= 15 is 0 Å². The molecule has 0 spiro atoms. The van der Waals surface area contributed by atoms with Crippen molar-refractivity contribution < 1.29 is 5.11 Å². The van der Waals surface area contributed by atoms with E-state index < -0.39 is 0 Å². The number of nitrogens with zero attached hydrogens (tertiary/aromatic N) is 2.